The van der Waals surface area contributed by atoms with E-state index < -0.39 is 33.5 Å². The summed E-state index contributed by atoms with van der Waals surface area (Å²) in [5.74, 6) is -4.37. The number of nitrogens with two attached hydrogens (primary N) is 2. The van der Waals surface area contributed by atoms with E-state index >= 15 is 0 Å². The first-order chi connectivity index (χ1) is 18.6. The van der Waals surface area contributed by atoms with Gasteiger partial charge in [0.25, 0.3) is 0 Å². The van der Waals surface area contributed by atoms with Gasteiger partial charge in [0.05, 0.1) is 15.5 Å². The molecule has 0 amide bonds. The fourth-order valence-corrected chi connectivity index (χ4v) is 4.72. The Morgan fingerprint density at radius 1 is 0.850 bits per heavy atom. The van der Waals surface area contributed by atoms with Gasteiger partial charge in [0.1, 0.15) is 17.1 Å². The Morgan fingerprint density at radius 2 is 1.48 bits per heavy atom. The number of aliphatic carboxylic acids is 1. The molecular weight excluding hydrogens is 555 g/mol. The largest absolute Gasteiger partial charge is 0.490 e. The Balaban J connectivity index is 0.000000559. The second kappa shape index (κ2) is 11.3. The van der Waals surface area contributed by atoms with Crippen molar-refractivity contribution < 1.29 is 46.1 Å². The Labute approximate surface area is 224 Å². The van der Waals surface area contributed by atoms with Crippen LogP contribution in [0.5, 0.6) is 11.5 Å². The molecule has 4 aromatic carbocycles. The van der Waals surface area contributed by atoms with Crippen molar-refractivity contribution in [3.05, 3.63) is 90.0 Å². The Hall–Kier alpha value is -5.11. The van der Waals surface area contributed by atoms with E-state index in [0.29, 0.717) is 5.56 Å². The van der Waals surface area contributed by atoms with Crippen LogP contribution in [-0.4, -0.2) is 42.6 Å². The number of aromatic carboxylic acids is 1. The summed E-state index contributed by atoms with van der Waals surface area (Å²) in [6, 6.07) is 20.3. The summed E-state index contributed by atoms with van der Waals surface area (Å²) < 4.78 is 63.9. The van der Waals surface area contributed by atoms with Crippen LogP contribution in [0.25, 0.3) is 10.8 Å². The van der Waals surface area contributed by atoms with E-state index in [9.17, 15) is 31.5 Å². The Bertz CT molecular complexity index is 1740. The molecule has 0 heterocycles. The third-order valence-corrected chi connectivity index (χ3v) is 7.00. The van der Waals surface area contributed by atoms with Crippen molar-refractivity contribution in [3.8, 4) is 11.5 Å². The van der Waals surface area contributed by atoms with Crippen LogP contribution < -0.4 is 16.2 Å². The molecule has 14 heteroatoms. The second-order valence-corrected chi connectivity index (χ2v) is 10.0. The molecule has 0 unspecified atom stereocenters. The predicted octanol–water partition coefficient (Wildman–Crippen LogP) is 4.66. The highest BCUT2D eigenvalue weighted by Gasteiger charge is 2.38. The lowest BCUT2D eigenvalue weighted by atomic mass is 10.1. The average molecular weight is 576 g/mol. The number of anilines is 1. The zero-order chi connectivity index (χ0) is 29.8. The van der Waals surface area contributed by atoms with Gasteiger partial charge in [0, 0.05) is 5.56 Å². The van der Waals surface area contributed by atoms with Gasteiger partial charge < -0.3 is 26.4 Å². The quantitative estimate of drug-likeness (QED) is 0.123. The number of nitrogen functional groups attached to an aromatic ring is 2. The number of alkyl halides is 3. The van der Waals surface area contributed by atoms with Gasteiger partial charge >= 0.3 is 18.1 Å². The minimum atomic E-state index is -5.08. The Kier molecular flexibility index (Phi) is 8.34. The first-order valence-electron chi connectivity index (χ1n) is 10.9. The van der Waals surface area contributed by atoms with E-state index in [1.807, 2.05) is 12.1 Å². The van der Waals surface area contributed by atoms with Gasteiger partial charge in [0.15, 0.2) is 5.75 Å². The summed E-state index contributed by atoms with van der Waals surface area (Å²) >= 11 is 0. The summed E-state index contributed by atoms with van der Waals surface area (Å²) in [6.07, 6.45) is -5.08. The molecule has 0 aliphatic rings. The number of sulfone groups is 1. The number of amidine groups is 1. The number of rotatable bonds is 6. The zero-order valence-corrected chi connectivity index (χ0v) is 21.0. The van der Waals surface area contributed by atoms with Gasteiger partial charge in [0.2, 0.25) is 9.84 Å². The number of benzene rings is 4. The van der Waals surface area contributed by atoms with Crippen molar-refractivity contribution in [2.45, 2.75) is 16.0 Å². The molecule has 0 fully saturated rings. The van der Waals surface area contributed by atoms with E-state index in [1.165, 1.54) is 30.3 Å². The minimum absolute atomic E-state index is 0.0137. The number of fused-ring (bicyclic) bond motifs is 1. The van der Waals surface area contributed by atoms with Crippen molar-refractivity contribution >= 4 is 44.1 Å². The van der Waals surface area contributed by atoms with Crippen LogP contribution in [-0.2, 0) is 14.6 Å². The molecule has 0 aliphatic heterocycles. The van der Waals surface area contributed by atoms with Gasteiger partial charge in [-0.25, -0.2) is 18.0 Å². The van der Waals surface area contributed by atoms with Gasteiger partial charge in [-0.1, -0.05) is 42.5 Å². The fourth-order valence-electron chi connectivity index (χ4n) is 3.37. The Morgan fingerprint density at radius 3 is 2.05 bits per heavy atom. The third kappa shape index (κ3) is 6.66. The lowest BCUT2D eigenvalue weighted by Gasteiger charge is -2.15. The molecule has 0 bridgehead atoms. The predicted molar refractivity (Wildman–Crippen MR) is 138 cm³/mol. The van der Waals surface area contributed by atoms with Crippen LogP contribution >= 0.6 is 0 Å². The van der Waals surface area contributed by atoms with Crippen LogP contribution in [0.15, 0.2) is 88.7 Å². The number of carboxylic acids is 2. The number of nitrogens with one attached hydrogen (secondary N) is 1. The number of hydrogen-bond acceptors (Lipinski definition) is 7. The van der Waals surface area contributed by atoms with Crippen LogP contribution in [0.3, 0.4) is 0 Å². The maximum atomic E-state index is 13.3. The number of halogens is 3. The maximum absolute atomic E-state index is 13.3. The summed E-state index contributed by atoms with van der Waals surface area (Å²) in [6.45, 7) is 0. The molecule has 0 saturated carbocycles. The van der Waals surface area contributed by atoms with Crippen molar-refractivity contribution in [2.75, 3.05) is 5.73 Å². The minimum Gasteiger partial charge on any atom is -0.478 e. The SMILES string of the molecule is N=C(N)c1cccc(Oc2c(N)cc(S(=O)(=O)c3ccc4ccccc4c3)cc2C(=O)O)c1.O=C(O)C(F)(F)F. The van der Waals surface area contributed by atoms with E-state index in [0.717, 1.165) is 16.8 Å². The lowest BCUT2D eigenvalue weighted by Crippen LogP contribution is -2.21. The molecule has 4 aromatic rings. The van der Waals surface area contributed by atoms with E-state index in [1.54, 1.807) is 30.3 Å². The molecule has 10 nitrogen and oxygen atoms in total. The molecule has 0 atom stereocenters. The molecule has 0 aliphatic carbocycles. The van der Waals surface area contributed by atoms with Crippen molar-refractivity contribution in [3.63, 3.8) is 0 Å². The normalized spacial score (nSPS) is 11.3. The zero-order valence-electron chi connectivity index (χ0n) is 20.1. The topological polar surface area (TPSA) is 194 Å². The van der Waals surface area contributed by atoms with E-state index in [2.05, 4.69) is 0 Å². The average Bonchev–Trinajstić information content (AvgIpc) is 2.89. The molecular formula is C26H20F3N3O7S. The van der Waals surface area contributed by atoms with Crippen LogP contribution in [0.2, 0.25) is 0 Å². The highest BCUT2D eigenvalue weighted by Crippen LogP contribution is 2.36. The summed E-state index contributed by atoms with van der Waals surface area (Å²) in [7, 11) is -4.06. The highest BCUT2D eigenvalue weighted by molar-refractivity contribution is 7.91. The fraction of sp³-hybridized carbons (Fsp3) is 0.0385. The lowest BCUT2D eigenvalue weighted by molar-refractivity contribution is -0.192. The number of hydrogen-bond donors (Lipinski definition) is 5. The first-order valence-corrected chi connectivity index (χ1v) is 12.4. The summed E-state index contributed by atoms with van der Waals surface area (Å²) in [4.78, 5) is 20.6. The van der Waals surface area contributed by atoms with E-state index in [4.69, 9.17) is 31.5 Å². The molecule has 0 spiro atoms. The van der Waals surface area contributed by atoms with Crippen LogP contribution in [0, 0.1) is 5.41 Å². The molecule has 208 valence electrons. The molecule has 0 radical (unpaired) electrons. The molecule has 4 rings (SSSR count). The number of carboxylic acid groups (broad SMARTS) is 2. The number of carbonyl (C=O) groups is 2. The van der Waals surface area contributed by atoms with Gasteiger partial charge in [-0.15, -0.1) is 0 Å². The smallest absolute Gasteiger partial charge is 0.478 e. The molecule has 40 heavy (non-hydrogen) atoms. The highest BCUT2D eigenvalue weighted by atomic mass is 32.2. The third-order valence-electron chi connectivity index (χ3n) is 5.27. The molecule has 0 aromatic heterocycles. The summed E-state index contributed by atoms with van der Waals surface area (Å²) in [5, 5.41) is 26.0. The van der Waals surface area contributed by atoms with E-state index in [-0.39, 0.29) is 32.8 Å². The van der Waals surface area contributed by atoms with Gasteiger partial charge in [-0.05, 0) is 47.2 Å². The van der Waals surface area contributed by atoms with Crippen LogP contribution in [0.1, 0.15) is 15.9 Å². The number of ether oxygens (including phenoxy) is 1. The maximum Gasteiger partial charge on any atom is 0.490 e. The monoisotopic (exact) mass is 575 g/mol. The van der Waals surface area contributed by atoms with Gasteiger partial charge in [-0.3, -0.25) is 5.41 Å². The standard InChI is InChI=1S/C24H19N3O5S.C2HF3O2/c25-21-13-19(33(30,31)18-9-8-14-4-1-2-5-15(14)11-18)12-20(24(28)29)22(21)32-17-7-3-6-16(10-17)23(26)27;3-2(4,5)1(6)7/h1-13H,25H2,(H3,26,27)(H,28,29);(H,6,7). The van der Waals surface area contributed by atoms with Gasteiger partial charge in [-0.2, -0.15) is 13.2 Å². The van der Waals surface area contributed by atoms with Crippen molar-refractivity contribution in [1.29, 1.82) is 5.41 Å². The van der Waals surface area contributed by atoms with Crippen molar-refractivity contribution in [2.24, 2.45) is 5.73 Å². The second-order valence-electron chi connectivity index (χ2n) is 8.05. The summed E-state index contributed by atoms with van der Waals surface area (Å²) in [5.41, 5.74) is 11.3. The molecule has 0 saturated heterocycles. The van der Waals surface area contributed by atoms with Crippen molar-refractivity contribution in [1.82, 2.24) is 0 Å². The van der Waals surface area contributed by atoms with Crippen LogP contribution in [0.4, 0.5) is 18.9 Å². The first kappa shape index (κ1) is 29.4. The molecule has 7 N–H and O–H groups in total.